The number of rotatable bonds is 4. The van der Waals surface area contributed by atoms with Gasteiger partial charge < -0.3 is 23.5 Å². The van der Waals surface area contributed by atoms with Gasteiger partial charge in [0.25, 0.3) is 0 Å². The van der Waals surface area contributed by atoms with Crippen LogP contribution in [-0.2, 0) is 5.41 Å². The molecule has 6 bridgehead atoms. The number of benzene rings is 12. The second-order valence-electron chi connectivity index (χ2n) is 20.5. The van der Waals surface area contributed by atoms with Gasteiger partial charge in [0.1, 0.15) is 11.2 Å². The van der Waals surface area contributed by atoms with Gasteiger partial charge in [0, 0.05) is 66.1 Å². The highest BCUT2D eigenvalue weighted by Crippen LogP contribution is 2.54. The Labute approximate surface area is 422 Å². The van der Waals surface area contributed by atoms with Crippen molar-refractivity contribution in [2.24, 2.45) is 0 Å². The van der Waals surface area contributed by atoms with Gasteiger partial charge in [-0.3, -0.25) is 0 Å². The first-order chi connectivity index (χ1) is 35.8. The summed E-state index contributed by atoms with van der Waals surface area (Å²) in [5, 5.41) is 11.5. The maximum Gasteiger partial charge on any atom is 0.159 e. The summed E-state index contributed by atoms with van der Waals surface area (Å²) in [4.78, 5) is 7.26. The van der Waals surface area contributed by atoms with Gasteiger partial charge >= 0.3 is 0 Å². The molecule has 0 radical (unpaired) electrons. The van der Waals surface area contributed by atoms with E-state index >= 15 is 0 Å². The SMILES string of the molecule is CC(C)(C)c1cc2ccc3c4cc(c5ccc(c1)c2c35)N(c1cccc2c1oc1ccccc12)c1cccc(c1)N(c1ccc(-c2ccccc2)cc1)c1cccc(c1)N4c1cccc2c1oc1ccccc12. The molecule has 1 aliphatic rings. The summed E-state index contributed by atoms with van der Waals surface area (Å²) < 4.78 is 14.0. The van der Waals surface area contributed by atoms with Gasteiger partial charge in [0.15, 0.2) is 11.2 Å². The van der Waals surface area contributed by atoms with E-state index in [1.54, 1.807) is 0 Å². The van der Waals surface area contributed by atoms with Crippen LogP contribution in [0.4, 0.5) is 51.2 Å². The quantitative estimate of drug-likeness (QED) is 0.164. The maximum atomic E-state index is 6.99. The molecular weight excluding hydrogens is 891 g/mol. The molecule has 0 amide bonds. The molecule has 12 aromatic carbocycles. The topological polar surface area (TPSA) is 36.0 Å². The van der Waals surface area contributed by atoms with Crippen LogP contribution in [0.2, 0.25) is 0 Å². The Kier molecular flexibility index (Phi) is 8.85. The van der Waals surface area contributed by atoms with E-state index in [1.165, 1.54) is 32.7 Å². The molecule has 0 atom stereocenters. The lowest BCUT2D eigenvalue weighted by Crippen LogP contribution is -2.17. The van der Waals surface area contributed by atoms with Gasteiger partial charge in [-0.2, -0.15) is 0 Å². The van der Waals surface area contributed by atoms with Gasteiger partial charge in [0.05, 0.1) is 22.7 Å². The maximum absolute atomic E-state index is 6.99. The normalized spacial score (nSPS) is 13.1. The molecule has 1 aliphatic heterocycles. The van der Waals surface area contributed by atoms with Crippen molar-refractivity contribution in [3.05, 3.63) is 236 Å². The number of hydrogen-bond donors (Lipinski definition) is 0. The highest BCUT2D eigenvalue weighted by Gasteiger charge is 2.30. The molecule has 0 fully saturated rings. The van der Waals surface area contributed by atoms with Gasteiger partial charge in [-0.15, -0.1) is 0 Å². The fraction of sp³-hybridized carbons (Fsp3) is 0.0588. The van der Waals surface area contributed by atoms with Crippen LogP contribution in [0.5, 0.6) is 0 Å². The predicted molar refractivity (Wildman–Crippen MR) is 306 cm³/mol. The fourth-order valence-electron chi connectivity index (χ4n) is 11.7. The first kappa shape index (κ1) is 41.5. The van der Waals surface area contributed by atoms with Gasteiger partial charge in [0.2, 0.25) is 0 Å². The van der Waals surface area contributed by atoms with Crippen molar-refractivity contribution in [3.8, 4) is 11.1 Å². The molecule has 346 valence electrons. The van der Waals surface area contributed by atoms with Crippen LogP contribution in [0.15, 0.2) is 239 Å². The fourth-order valence-corrected chi connectivity index (χ4v) is 11.7. The van der Waals surface area contributed by atoms with Crippen LogP contribution in [0.25, 0.3) is 87.3 Å². The molecule has 0 aliphatic carbocycles. The van der Waals surface area contributed by atoms with E-state index in [2.05, 4.69) is 266 Å². The monoisotopic (exact) mass is 937 g/mol. The Hall–Kier alpha value is -9.32. The van der Waals surface area contributed by atoms with E-state index in [9.17, 15) is 0 Å². The number of para-hydroxylation sites is 4. The van der Waals surface area contributed by atoms with Crippen LogP contribution in [0.1, 0.15) is 26.3 Å². The molecule has 2 aromatic heterocycles. The van der Waals surface area contributed by atoms with Gasteiger partial charge in [-0.05, 0) is 117 Å². The van der Waals surface area contributed by atoms with Crippen LogP contribution in [0.3, 0.4) is 0 Å². The van der Waals surface area contributed by atoms with E-state index < -0.39 is 0 Å². The molecule has 0 unspecified atom stereocenters. The third kappa shape index (κ3) is 6.35. The smallest absolute Gasteiger partial charge is 0.159 e. The molecule has 73 heavy (non-hydrogen) atoms. The van der Waals surface area contributed by atoms with Crippen LogP contribution < -0.4 is 14.7 Å². The highest BCUT2D eigenvalue weighted by atomic mass is 16.3. The summed E-state index contributed by atoms with van der Waals surface area (Å²) in [6, 6.07) is 84.0. The van der Waals surface area contributed by atoms with Crippen molar-refractivity contribution >= 4 is 127 Å². The minimum Gasteiger partial charge on any atom is -0.454 e. The Morgan fingerprint density at radius 2 is 0.753 bits per heavy atom. The average Bonchev–Trinajstić information content (AvgIpc) is 4.01. The lowest BCUT2D eigenvalue weighted by atomic mass is 9.83. The van der Waals surface area contributed by atoms with Crippen molar-refractivity contribution in [2.45, 2.75) is 26.2 Å². The highest BCUT2D eigenvalue weighted by molar-refractivity contribution is 6.30. The van der Waals surface area contributed by atoms with E-state index in [1.807, 2.05) is 0 Å². The first-order valence-electron chi connectivity index (χ1n) is 25.1. The largest absolute Gasteiger partial charge is 0.454 e. The molecule has 0 saturated carbocycles. The third-order valence-corrected chi connectivity index (χ3v) is 15.2. The number of fused-ring (bicyclic) bond motifs is 14. The van der Waals surface area contributed by atoms with E-state index in [4.69, 9.17) is 8.83 Å². The molecule has 5 heteroatoms. The summed E-state index contributed by atoms with van der Waals surface area (Å²) in [5.41, 5.74) is 16.0. The summed E-state index contributed by atoms with van der Waals surface area (Å²) in [6.45, 7) is 6.91. The number of anilines is 9. The van der Waals surface area contributed by atoms with E-state index in [0.717, 1.165) is 111 Å². The molecule has 5 nitrogen and oxygen atoms in total. The molecule has 0 N–H and O–H groups in total. The summed E-state index contributed by atoms with van der Waals surface area (Å²) in [5.74, 6) is 0. The number of furan rings is 2. The summed E-state index contributed by atoms with van der Waals surface area (Å²) in [6.07, 6.45) is 0. The number of hydrogen-bond acceptors (Lipinski definition) is 5. The average molecular weight is 938 g/mol. The number of nitrogens with zero attached hydrogens (tertiary/aromatic N) is 3. The van der Waals surface area contributed by atoms with Crippen LogP contribution >= 0.6 is 0 Å². The zero-order valence-electron chi connectivity index (χ0n) is 40.6. The van der Waals surface area contributed by atoms with Gasteiger partial charge in [-0.25, -0.2) is 0 Å². The van der Waals surface area contributed by atoms with Crippen molar-refractivity contribution in [1.82, 2.24) is 0 Å². The minimum absolute atomic E-state index is 0.0352. The van der Waals surface area contributed by atoms with Crippen molar-refractivity contribution < 1.29 is 8.83 Å². The zero-order valence-corrected chi connectivity index (χ0v) is 40.6. The zero-order chi connectivity index (χ0) is 48.5. The molecule has 14 aromatic rings. The Morgan fingerprint density at radius 1 is 0.301 bits per heavy atom. The van der Waals surface area contributed by atoms with E-state index in [0.29, 0.717) is 0 Å². The second kappa shape index (κ2) is 15.6. The molecule has 15 rings (SSSR count). The summed E-state index contributed by atoms with van der Waals surface area (Å²) in [7, 11) is 0. The Morgan fingerprint density at radius 3 is 1.27 bits per heavy atom. The second-order valence-corrected chi connectivity index (χ2v) is 20.5. The molecule has 0 saturated heterocycles. The van der Waals surface area contributed by atoms with Crippen molar-refractivity contribution in [3.63, 3.8) is 0 Å². The van der Waals surface area contributed by atoms with Crippen LogP contribution in [0, 0.1) is 0 Å². The first-order valence-corrected chi connectivity index (χ1v) is 25.1. The van der Waals surface area contributed by atoms with Crippen LogP contribution in [-0.4, -0.2) is 0 Å². The predicted octanol–water partition coefficient (Wildman–Crippen LogP) is 20.1. The van der Waals surface area contributed by atoms with Crippen molar-refractivity contribution in [1.29, 1.82) is 0 Å². The molecule has 3 heterocycles. The van der Waals surface area contributed by atoms with E-state index in [-0.39, 0.29) is 5.41 Å². The lowest BCUT2D eigenvalue weighted by Gasteiger charge is -2.35. The van der Waals surface area contributed by atoms with Crippen molar-refractivity contribution in [2.75, 3.05) is 14.7 Å². The lowest BCUT2D eigenvalue weighted by molar-refractivity contribution is 0.591. The standard InChI is InChI=1S/C68H47N3O2/c1-68(2,3)46-37-44-31-35-56-60-41-61(57-36-32-45(38-46)64(44)65(56)57)71(59-26-14-24-55-53-22-8-10-28-63(53)73-67(55)59)51-20-12-18-49(40-51)69(47-33-29-43(30-34-47)42-15-5-4-6-16-42)48-17-11-19-50(39-48)70(60)58-25-13-23-54-52-21-7-9-27-62(52)72-66(54)58/h4-41H,1-3H3. The molecular formula is C68H47N3O2. The van der Waals surface area contributed by atoms with Gasteiger partial charge in [-0.1, -0.05) is 172 Å². The summed E-state index contributed by atoms with van der Waals surface area (Å²) >= 11 is 0. The minimum atomic E-state index is -0.0352. The molecule has 0 spiro atoms. The Balaban J connectivity index is 1.10. The Bertz CT molecular complexity index is 4270. The third-order valence-electron chi connectivity index (χ3n) is 15.2.